The first-order valence-electron chi connectivity index (χ1n) is 12.6. The first-order chi connectivity index (χ1) is 18.6. The number of aliphatic carboxylic acids is 1. The number of unbranched alkanes of at least 4 members (excludes halogenated alkanes) is 1. The van der Waals surface area contributed by atoms with Crippen LogP contribution in [-0.4, -0.2) is 66.8 Å². The van der Waals surface area contributed by atoms with Crippen LogP contribution in [0, 0.1) is 5.41 Å². The number of hydrogen-bond acceptors (Lipinski definition) is 7. The lowest BCUT2D eigenvalue weighted by molar-refractivity contribution is -0.142. The molecule has 2 atom stereocenters. The van der Waals surface area contributed by atoms with Gasteiger partial charge in [0.15, 0.2) is 5.96 Å². The van der Waals surface area contributed by atoms with Crippen molar-refractivity contribution in [2.24, 2.45) is 5.73 Å². The van der Waals surface area contributed by atoms with Crippen LogP contribution in [0.5, 0.6) is 5.75 Å². The maximum absolute atomic E-state index is 13.1. The van der Waals surface area contributed by atoms with E-state index in [4.69, 9.17) is 15.9 Å². The molecule has 1 aliphatic rings. The van der Waals surface area contributed by atoms with Gasteiger partial charge in [-0.1, -0.05) is 30.3 Å². The fraction of sp³-hybridized carbons (Fsp3) is 0.385. The second kappa shape index (κ2) is 13.7. The number of carboxylic acid groups (broad SMARTS) is 1. The van der Waals surface area contributed by atoms with Crippen LogP contribution in [0.2, 0.25) is 0 Å². The number of nitrogens with two attached hydrogens (primary N) is 1. The van der Waals surface area contributed by atoms with E-state index in [1.165, 1.54) is 24.3 Å². The molecular weight excluding hydrogens is 526 g/mol. The van der Waals surface area contributed by atoms with Gasteiger partial charge in [0.05, 0.1) is 4.90 Å². The largest absolute Gasteiger partial charge is 0.480 e. The predicted octanol–water partition coefficient (Wildman–Crippen LogP) is 1.21. The molecule has 0 aromatic heterocycles. The summed E-state index contributed by atoms with van der Waals surface area (Å²) in [6.45, 7) is 0.656. The van der Waals surface area contributed by atoms with Gasteiger partial charge in [-0.3, -0.25) is 15.0 Å². The van der Waals surface area contributed by atoms with Crippen LogP contribution in [0.15, 0.2) is 59.5 Å². The summed E-state index contributed by atoms with van der Waals surface area (Å²) in [5.74, 6) is -2.17. The molecule has 1 amide bonds. The summed E-state index contributed by atoms with van der Waals surface area (Å²) < 4.78 is 32.5. The van der Waals surface area contributed by atoms with Crippen molar-refractivity contribution in [2.45, 2.75) is 55.5 Å². The molecule has 0 bridgehead atoms. The second-order valence-corrected chi connectivity index (χ2v) is 11.0. The Morgan fingerprint density at radius 2 is 1.79 bits per heavy atom. The van der Waals surface area contributed by atoms with Crippen molar-refractivity contribution in [1.29, 1.82) is 5.41 Å². The molecule has 0 aliphatic carbocycles. The summed E-state index contributed by atoms with van der Waals surface area (Å²) in [4.78, 5) is 37.0. The number of hydrogen-bond donors (Lipinski definition) is 5. The Morgan fingerprint density at radius 3 is 2.44 bits per heavy atom. The zero-order valence-electron chi connectivity index (χ0n) is 21.3. The smallest absolute Gasteiger partial charge is 0.326 e. The monoisotopic (exact) mass is 559 g/mol. The van der Waals surface area contributed by atoms with Crippen LogP contribution in [-0.2, 0) is 30.8 Å². The van der Waals surface area contributed by atoms with Gasteiger partial charge in [-0.2, -0.15) is 4.31 Å². The summed E-state index contributed by atoms with van der Waals surface area (Å²) >= 11 is 0. The Morgan fingerprint density at radius 1 is 1.10 bits per heavy atom. The van der Waals surface area contributed by atoms with Crippen LogP contribution < -0.4 is 21.1 Å². The van der Waals surface area contributed by atoms with Gasteiger partial charge in [0, 0.05) is 25.9 Å². The molecule has 0 radical (unpaired) electrons. The lowest BCUT2D eigenvalue weighted by atomic mass is 10.1. The van der Waals surface area contributed by atoms with Crippen molar-refractivity contribution < 1.29 is 32.6 Å². The molecule has 0 spiro atoms. The number of ether oxygens (including phenoxy) is 1. The van der Waals surface area contributed by atoms with Gasteiger partial charge in [-0.25, -0.2) is 13.2 Å². The van der Waals surface area contributed by atoms with Crippen molar-refractivity contribution in [3.8, 4) is 5.75 Å². The first kappa shape index (κ1) is 29.6. The van der Waals surface area contributed by atoms with Crippen molar-refractivity contribution in [1.82, 2.24) is 14.9 Å². The molecule has 3 rings (SSSR count). The third-order valence-electron chi connectivity index (χ3n) is 6.19. The van der Waals surface area contributed by atoms with Gasteiger partial charge in [0.25, 0.3) is 0 Å². The molecule has 0 unspecified atom stereocenters. The number of amides is 1. The molecule has 0 saturated carbocycles. The molecule has 1 aliphatic heterocycles. The number of rotatable bonds is 13. The summed E-state index contributed by atoms with van der Waals surface area (Å²) in [6, 6.07) is 11.8. The molecule has 39 heavy (non-hydrogen) atoms. The Labute approximate surface area is 227 Å². The number of nitrogens with one attached hydrogen (secondary N) is 3. The minimum atomic E-state index is -3.91. The van der Waals surface area contributed by atoms with E-state index < -0.39 is 40.0 Å². The molecule has 6 N–H and O–H groups in total. The summed E-state index contributed by atoms with van der Waals surface area (Å²) in [5, 5.41) is 21.9. The van der Waals surface area contributed by atoms with E-state index in [1.54, 1.807) is 30.3 Å². The van der Waals surface area contributed by atoms with Gasteiger partial charge >= 0.3 is 11.9 Å². The van der Waals surface area contributed by atoms with Crippen molar-refractivity contribution in [3.05, 3.63) is 60.2 Å². The fourth-order valence-electron chi connectivity index (χ4n) is 4.21. The lowest BCUT2D eigenvalue weighted by Crippen LogP contribution is -2.51. The molecule has 2 aromatic carbocycles. The molecule has 210 valence electrons. The third-order valence-corrected chi connectivity index (χ3v) is 8.11. The fourth-order valence-corrected chi connectivity index (χ4v) is 5.89. The van der Waals surface area contributed by atoms with E-state index in [1.807, 2.05) is 0 Å². The van der Waals surface area contributed by atoms with Crippen molar-refractivity contribution >= 4 is 33.8 Å². The Hall–Kier alpha value is -3.97. The van der Waals surface area contributed by atoms with Crippen LogP contribution in [0.3, 0.4) is 0 Å². The summed E-state index contributed by atoms with van der Waals surface area (Å²) in [6.07, 6.45) is 2.12. The molecule has 2 aromatic rings. The topological polar surface area (TPSA) is 192 Å². The maximum atomic E-state index is 13.1. The van der Waals surface area contributed by atoms with Crippen LogP contribution in [0.1, 0.15) is 37.7 Å². The lowest BCUT2D eigenvalue weighted by Gasteiger charge is -2.25. The first-order valence-corrected chi connectivity index (χ1v) is 14.0. The number of guanidine groups is 1. The van der Waals surface area contributed by atoms with Gasteiger partial charge in [-0.15, -0.1) is 0 Å². The molecule has 1 saturated heterocycles. The second-order valence-electron chi connectivity index (χ2n) is 9.11. The van der Waals surface area contributed by atoms with E-state index in [0.29, 0.717) is 37.1 Å². The van der Waals surface area contributed by atoms with Gasteiger partial charge < -0.3 is 26.2 Å². The molecule has 1 fully saturated rings. The van der Waals surface area contributed by atoms with E-state index >= 15 is 0 Å². The number of benzene rings is 2. The van der Waals surface area contributed by atoms with Gasteiger partial charge in [0.1, 0.15) is 17.8 Å². The van der Waals surface area contributed by atoms with E-state index in [9.17, 15) is 27.9 Å². The molecular formula is C26H33N5O7S. The third kappa shape index (κ3) is 8.52. The van der Waals surface area contributed by atoms with E-state index in [0.717, 1.165) is 4.31 Å². The Kier molecular flexibility index (Phi) is 10.4. The number of carbonyl (C=O) groups excluding carboxylic acids is 2. The minimum Gasteiger partial charge on any atom is -0.480 e. The molecule has 1 heterocycles. The van der Waals surface area contributed by atoms with Crippen LogP contribution in [0.4, 0.5) is 0 Å². The SMILES string of the molecule is N=C(N)NCCCCC(=O)Oc1ccc(C[C@H](NC(=O)[C@@H]2CCCN2S(=O)(=O)c2ccccc2)C(=O)O)cc1. The van der Waals surface area contributed by atoms with Crippen molar-refractivity contribution in [2.75, 3.05) is 13.1 Å². The van der Waals surface area contributed by atoms with Gasteiger partial charge in [0.2, 0.25) is 15.9 Å². The number of nitrogens with zero attached hydrogens (tertiary/aromatic N) is 1. The quantitative estimate of drug-likeness (QED) is 0.0789. The zero-order valence-corrected chi connectivity index (χ0v) is 22.2. The highest BCUT2D eigenvalue weighted by molar-refractivity contribution is 7.89. The normalized spacial score (nSPS) is 16.3. The number of sulfonamides is 1. The zero-order chi connectivity index (χ0) is 28.4. The summed E-state index contributed by atoms with van der Waals surface area (Å²) in [7, 11) is -3.91. The van der Waals surface area contributed by atoms with Crippen molar-refractivity contribution in [3.63, 3.8) is 0 Å². The molecule has 12 nitrogen and oxygen atoms in total. The number of carbonyl (C=O) groups is 3. The maximum Gasteiger partial charge on any atom is 0.326 e. The average molecular weight is 560 g/mol. The summed E-state index contributed by atoms with van der Waals surface area (Å²) in [5.41, 5.74) is 5.77. The van der Waals surface area contributed by atoms with Gasteiger partial charge in [-0.05, 0) is 55.5 Å². The standard InChI is InChI=1S/C26H33N5O7S/c27-26(28)29-15-5-4-10-23(32)38-19-13-11-18(12-14-19)17-21(25(34)35)30-24(33)22-9-6-16-31(22)39(36,37)20-7-2-1-3-8-20/h1-3,7-8,11-14,21-22H,4-6,9-10,15-17H2,(H,30,33)(H,34,35)(H4,27,28,29)/t21-,22-/m0/s1. The highest BCUT2D eigenvalue weighted by Crippen LogP contribution is 2.26. The van der Waals surface area contributed by atoms with Crippen LogP contribution in [0.25, 0.3) is 0 Å². The highest BCUT2D eigenvalue weighted by Gasteiger charge is 2.40. The number of carboxylic acids is 1. The molecule has 13 heteroatoms. The predicted molar refractivity (Wildman–Crippen MR) is 142 cm³/mol. The van der Waals surface area contributed by atoms with E-state index in [2.05, 4.69) is 10.6 Å². The number of esters is 1. The van der Waals surface area contributed by atoms with E-state index in [-0.39, 0.29) is 36.7 Å². The Balaban J connectivity index is 1.55. The average Bonchev–Trinajstić information content (AvgIpc) is 3.41. The van der Waals surface area contributed by atoms with Crippen LogP contribution >= 0.6 is 0 Å². The highest BCUT2D eigenvalue weighted by atomic mass is 32.2. The minimum absolute atomic E-state index is 0.0450. The Bertz CT molecular complexity index is 1270.